The van der Waals surface area contributed by atoms with Gasteiger partial charge in [0.05, 0.1) is 10.6 Å². The van der Waals surface area contributed by atoms with Crippen LogP contribution in [0.15, 0.2) is 12.3 Å². The number of halogens is 2. The Labute approximate surface area is 113 Å². The van der Waals surface area contributed by atoms with Crippen LogP contribution in [0, 0.1) is 0 Å². The Morgan fingerprint density at radius 2 is 2.11 bits per heavy atom. The van der Waals surface area contributed by atoms with E-state index in [2.05, 4.69) is 10.3 Å². The molecule has 0 spiro atoms. The summed E-state index contributed by atoms with van der Waals surface area (Å²) in [6, 6.07) is 0.112. The van der Waals surface area contributed by atoms with Crippen LogP contribution in [0.3, 0.4) is 0 Å². The van der Waals surface area contributed by atoms with E-state index in [1.165, 1.54) is 12.3 Å². The van der Waals surface area contributed by atoms with Crippen molar-refractivity contribution in [1.29, 1.82) is 0 Å². The zero-order chi connectivity index (χ0) is 13.7. The Hall–Kier alpha value is -1.37. The first-order chi connectivity index (χ1) is 8.45. The van der Waals surface area contributed by atoms with E-state index in [1.54, 1.807) is 0 Å². The molecule has 1 aromatic rings. The average molecular weight is 293 g/mol. The SMILES string of the molecule is O=C(N[C@@H](CCO)C(=O)O)c1cnc(Cl)c(Cl)c1. The van der Waals surface area contributed by atoms with E-state index >= 15 is 0 Å². The smallest absolute Gasteiger partial charge is 0.326 e. The number of hydrogen-bond acceptors (Lipinski definition) is 4. The molecular weight excluding hydrogens is 283 g/mol. The Bertz CT molecular complexity index is 467. The Kier molecular flexibility index (Phi) is 5.33. The van der Waals surface area contributed by atoms with Crippen LogP contribution in [0.4, 0.5) is 0 Å². The van der Waals surface area contributed by atoms with Gasteiger partial charge in [0.15, 0.2) is 0 Å². The Morgan fingerprint density at radius 1 is 1.44 bits per heavy atom. The van der Waals surface area contributed by atoms with Crippen LogP contribution < -0.4 is 5.32 Å². The molecule has 0 aliphatic carbocycles. The number of pyridine rings is 1. The molecule has 0 fully saturated rings. The maximum absolute atomic E-state index is 11.7. The van der Waals surface area contributed by atoms with E-state index in [-0.39, 0.29) is 28.8 Å². The number of carbonyl (C=O) groups is 2. The summed E-state index contributed by atoms with van der Waals surface area (Å²) in [5.74, 6) is -1.88. The van der Waals surface area contributed by atoms with Crippen molar-refractivity contribution in [1.82, 2.24) is 10.3 Å². The highest BCUT2D eigenvalue weighted by Gasteiger charge is 2.20. The van der Waals surface area contributed by atoms with Gasteiger partial charge in [-0.2, -0.15) is 0 Å². The number of carboxylic acids is 1. The minimum Gasteiger partial charge on any atom is -0.480 e. The minimum atomic E-state index is -1.23. The van der Waals surface area contributed by atoms with Gasteiger partial charge in [-0.3, -0.25) is 4.79 Å². The van der Waals surface area contributed by atoms with Crippen molar-refractivity contribution in [3.63, 3.8) is 0 Å². The first kappa shape index (κ1) is 14.7. The van der Waals surface area contributed by atoms with E-state index in [0.29, 0.717) is 0 Å². The van der Waals surface area contributed by atoms with E-state index in [0.717, 1.165) is 0 Å². The lowest BCUT2D eigenvalue weighted by Crippen LogP contribution is -2.41. The summed E-state index contributed by atoms with van der Waals surface area (Å²) >= 11 is 11.3. The number of rotatable bonds is 5. The maximum atomic E-state index is 11.7. The second-order valence-electron chi connectivity index (χ2n) is 3.37. The minimum absolute atomic E-state index is 0.0540. The lowest BCUT2D eigenvalue weighted by molar-refractivity contribution is -0.139. The van der Waals surface area contributed by atoms with E-state index in [9.17, 15) is 9.59 Å². The average Bonchev–Trinajstić information content (AvgIpc) is 2.31. The Morgan fingerprint density at radius 3 is 2.61 bits per heavy atom. The standard InChI is InChI=1S/C10H10Cl2N2O4/c11-6-3-5(4-13-8(6)12)9(16)14-7(1-2-15)10(17)18/h3-4,7,15H,1-2H2,(H,14,16)(H,17,18)/t7-/m0/s1. The fourth-order valence-electron chi connectivity index (χ4n) is 1.17. The molecule has 98 valence electrons. The van der Waals surface area contributed by atoms with Crippen LogP contribution >= 0.6 is 23.2 Å². The molecule has 0 unspecified atom stereocenters. The number of aliphatic hydroxyl groups is 1. The van der Waals surface area contributed by atoms with Gasteiger partial charge in [0.2, 0.25) is 0 Å². The fraction of sp³-hybridized carbons (Fsp3) is 0.300. The van der Waals surface area contributed by atoms with Crippen molar-refractivity contribution in [3.8, 4) is 0 Å². The number of hydrogen-bond donors (Lipinski definition) is 3. The molecule has 8 heteroatoms. The van der Waals surface area contributed by atoms with Crippen LogP contribution in [0.2, 0.25) is 10.2 Å². The Balaban J connectivity index is 2.80. The number of carboxylic acid groups (broad SMARTS) is 1. The molecule has 1 heterocycles. The van der Waals surface area contributed by atoms with E-state index < -0.39 is 17.9 Å². The largest absolute Gasteiger partial charge is 0.480 e. The van der Waals surface area contributed by atoms with Crippen molar-refractivity contribution in [2.45, 2.75) is 12.5 Å². The number of carbonyl (C=O) groups excluding carboxylic acids is 1. The van der Waals surface area contributed by atoms with Gasteiger partial charge in [-0.1, -0.05) is 23.2 Å². The number of aliphatic hydroxyl groups excluding tert-OH is 1. The van der Waals surface area contributed by atoms with Crippen molar-refractivity contribution in [2.75, 3.05) is 6.61 Å². The van der Waals surface area contributed by atoms with Crippen molar-refractivity contribution < 1.29 is 19.8 Å². The van der Waals surface area contributed by atoms with Crippen molar-refractivity contribution in [3.05, 3.63) is 28.0 Å². The zero-order valence-electron chi connectivity index (χ0n) is 9.06. The van der Waals surface area contributed by atoms with Gasteiger partial charge in [-0.15, -0.1) is 0 Å². The van der Waals surface area contributed by atoms with Gasteiger partial charge in [-0.05, 0) is 6.07 Å². The van der Waals surface area contributed by atoms with Gasteiger partial charge in [0.25, 0.3) is 5.91 Å². The van der Waals surface area contributed by atoms with E-state index in [1.807, 2.05) is 0 Å². The molecule has 0 saturated carbocycles. The third kappa shape index (κ3) is 3.83. The summed E-state index contributed by atoms with van der Waals surface area (Å²) in [7, 11) is 0. The molecule has 0 aliphatic rings. The summed E-state index contributed by atoms with van der Waals surface area (Å²) in [4.78, 5) is 26.2. The number of nitrogens with zero attached hydrogens (tertiary/aromatic N) is 1. The van der Waals surface area contributed by atoms with Crippen molar-refractivity contribution >= 4 is 35.1 Å². The highest BCUT2D eigenvalue weighted by Crippen LogP contribution is 2.19. The molecule has 0 radical (unpaired) electrons. The van der Waals surface area contributed by atoms with Crippen LogP contribution in [-0.2, 0) is 4.79 Å². The number of amides is 1. The first-order valence-electron chi connectivity index (χ1n) is 4.91. The van der Waals surface area contributed by atoms with Crippen molar-refractivity contribution in [2.24, 2.45) is 0 Å². The molecule has 0 bridgehead atoms. The number of nitrogens with one attached hydrogen (secondary N) is 1. The van der Waals surface area contributed by atoms with Crippen LogP contribution in [0.5, 0.6) is 0 Å². The summed E-state index contributed by atoms with van der Waals surface area (Å²) in [6.07, 6.45) is 1.09. The molecule has 0 aliphatic heterocycles. The molecule has 6 nitrogen and oxygen atoms in total. The predicted molar refractivity (Wildman–Crippen MR) is 64.8 cm³/mol. The molecule has 3 N–H and O–H groups in total. The lowest BCUT2D eigenvalue weighted by atomic mass is 10.2. The molecule has 18 heavy (non-hydrogen) atoms. The molecule has 1 aromatic heterocycles. The third-order valence-electron chi connectivity index (χ3n) is 2.08. The number of aromatic nitrogens is 1. The maximum Gasteiger partial charge on any atom is 0.326 e. The summed E-state index contributed by atoms with van der Waals surface area (Å²) in [6.45, 7) is -0.350. The topological polar surface area (TPSA) is 99.5 Å². The second kappa shape index (κ2) is 6.53. The highest BCUT2D eigenvalue weighted by molar-refractivity contribution is 6.41. The molecular formula is C10H10Cl2N2O4. The van der Waals surface area contributed by atoms with E-state index in [4.69, 9.17) is 33.4 Å². The molecule has 1 rings (SSSR count). The molecule has 1 amide bonds. The van der Waals surface area contributed by atoms with Crippen LogP contribution in [-0.4, -0.2) is 39.7 Å². The monoisotopic (exact) mass is 292 g/mol. The van der Waals surface area contributed by atoms with Gasteiger partial charge in [0, 0.05) is 19.2 Å². The van der Waals surface area contributed by atoms with Gasteiger partial charge < -0.3 is 15.5 Å². The van der Waals surface area contributed by atoms with Gasteiger partial charge >= 0.3 is 5.97 Å². The highest BCUT2D eigenvalue weighted by atomic mass is 35.5. The predicted octanol–water partition coefficient (Wildman–Crippen LogP) is 0.954. The lowest BCUT2D eigenvalue weighted by Gasteiger charge is -2.13. The molecule has 1 atom stereocenters. The quantitative estimate of drug-likeness (QED) is 0.702. The summed E-state index contributed by atoms with van der Waals surface area (Å²) in [5, 5.41) is 19.9. The van der Waals surface area contributed by atoms with Crippen LogP contribution in [0.25, 0.3) is 0 Å². The van der Waals surface area contributed by atoms with Gasteiger partial charge in [-0.25, -0.2) is 9.78 Å². The zero-order valence-corrected chi connectivity index (χ0v) is 10.6. The normalized spacial score (nSPS) is 11.9. The molecule has 0 aromatic carbocycles. The summed E-state index contributed by atoms with van der Waals surface area (Å²) in [5.41, 5.74) is 0.0913. The first-order valence-corrected chi connectivity index (χ1v) is 5.67. The van der Waals surface area contributed by atoms with Crippen LogP contribution in [0.1, 0.15) is 16.8 Å². The third-order valence-corrected chi connectivity index (χ3v) is 2.77. The van der Waals surface area contributed by atoms with Gasteiger partial charge in [0.1, 0.15) is 11.2 Å². The second-order valence-corrected chi connectivity index (χ2v) is 4.14. The number of aliphatic carboxylic acids is 1. The molecule has 0 saturated heterocycles. The summed E-state index contributed by atoms with van der Waals surface area (Å²) < 4.78 is 0. The fourth-order valence-corrected chi connectivity index (χ4v) is 1.44.